The van der Waals surface area contributed by atoms with Crippen LogP contribution in [0.2, 0.25) is 0 Å². The van der Waals surface area contributed by atoms with E-state index in [1.54, 1.807) is 17.5 Å². The average molecular weight is 287 g/mol. The lowest BCUT2D eigenvalue weighted by Crippen LogP contribution is -2.48. The quantitative estimate of drug-likeness (QED) is 0.896. The highest BCUT2D eigenvalue weighted by Crippen LogP contribution is 2.16. The van der Waals surface area contributed by atoms with Crippen molar-refractivity contribution >= 4 is 17.2 Å². The maximum atomic E-state index is 12.1. The highest BCUT2D eigenvalue weighted by Gasteiger charge is 2.23. The summed E-state index contributed by atoms with van der Waals surface area (Å²) in [5.74, 6) is 0.0797. The molecule has 5 heteroatoms. The van der Waals surface area contributed by atoms with Gasteiger partial charge in [0.15, 0.2) is 0 Å². The standard InChI is InChI=1S/C15H17N3OS/c19-15(17-6-5-14-16-7-8-20-14)13-9-11-3-1-2-4-12(11)10-18-13/h1-4,7-8,13,18H,5-6,9-10H2,(H,17,19). The minimum Gasteiger partial charge on any atom is -0.354 e. The van der Waals surface area contributed by atoms with Crippen LogP contribution in [0.1, 0.15) is 16.1 Å². The van der Waals surface area contributed by atoms with Crippen molar-refractivity contribution in [2.45, 2.75) is 25.4 Å². The third-order valence-electron chi connectivity index (χ3n) is 3.52. The van der Waals surface area contributed by atoms with Crippen LogP contribution < -0.4 is 10.6 Å². The van der Waals surface area contributed by atoms with Crippen LogP contribution in [0.5, 0.6) is 0 Å². The molecule has 104 valence electrons. The number of benzene rings is 1. The lowest BCUT2D eigenvalue weighted by Gasteiger charge is -2.25. The van der Waals surface area contributed by atoms with Crippen LogP contribution in [0.4, 0.5) is 0 Å². The van der Waals surface area contributed by atoms with Gasteiger partial charge in [0, 0.05) is 31.1 Å². The van der Waals surface area contributed by atoms with E-state index in [9.17, 15) is 4.79 Å². The number of fused-ring (bicyclic) bond motifs is 1. The van der Waals surface area contributed by atoms with Crippen LogP contribution in [0, 0.1) is 0 Å². The molecule has 0 fully saturated rings. The predicted molar refractivity (Wildman–Crippen MR) is 79.6 cm³/mol. The van der Waals surface area contributed by atoms with Gasteiger partial charge >= 0.3 is 0 Å². The van der Waals surface area contributed by atoms with Crippen molar-refractivity contribution in [3.8, 4) is 0 Å². The van der Waals surface area contributed by atoms with Crippen molar-refractivity contribution < 1.29 is 4.79 Å². The normalized spacial score (nSPS) is 17.5. The summed E-state index contributed by atoms with van der Waals surface area (Å²) in [6.07, 6.45) is 3.35. The first-order chi connectivity index (χ1) is 9.83. The number of aromatic nitrogens is 1. The summed E-state index contributed by atoms with van der Waals surface area (Å²) in [6.45, 7) is 1.41. The Morgan fingerprint density at radius 2 is 2.25 bits per heavy atom. The molecule has 0 saturated carbocycles. The van der Waals surface area contributed by atoms with Crippen LogP contribution in [0.3, 0.4) is 0 Å². The van der Waals surface area contributed by atoms with Gasteiger partial charge in [-0.15, -0.1) is 11.3 Å². The van der Waals surface area contributed by atoms with Crippen molar-refractivity contribution in [1.29, 1.82) is 0 Å². The van der Waals surface area contributed by atoms with Gasteiger partial charge in [0.05, 0.1) is 11.0 Å². The number of nitrogens with one attached hydrogen (secondary N) is 2. The van der Waals surface area contributed by atoms with Gasteiger partial charge in [0.2, 0.25) is 5.91 Å². The van der Waals surface area contributed by atoms with Crippen molar-refractivity contribution in [2.24, 2.45) is 0 Å². The molecule has 1 aromatic carbocycles. The fourth-order valence-corrected chi connectivity index (χ4v) is 3.05. The summed E-state index contributed by atoms with van der Waals surface area (Å²) in [4.78, 5) is 16.4. The summed E-state index contributed by atoms with van der Waals surface area (Å²) in [6, 6.07) is 8.16. The lowest BCUT2D eigenvalue weighted by molar-refractivity contribution is -0.123. The molecule has 0 aliphatic carbocycles. The average Bonchev–Trinajstić information content (AvgIpc) is 3.00. The summed E-state index contributed by atoms with van der Waals surface area (Å²) in [5, 5.41) is 9.30. The number of carbonyl (C=O) groups excluding carboxylic acids is 1. The van der Waals surface area contributed by atoms with Gasteiger partial charge in [-0.3, -0.25) is 4.79 Å². The minimum absolute atomic E-state index is 0.0797. The largest absolute Gasteiger partial charge is 0.354 e. The van der Waals surface area contributed by atoms with Gasteiger partial charge in [0.25, 0.3) is 0 Å². The van der Waals surface area contributed by atoms with Crippen molar-refractivity contribution in [1.82, 2.24) is 15.6 Å². The number of hydrogen-bond acceptors (Lipinski definition) is 4. The third-order valence-corrected chi connectivity index (χ3v) is 4.36. The van der Waals surface area contributed by atoms with Gasteiger partial charge in [0.1, 0.15) is 0 Å². The molecule has 0 saturated heterocycles. The van der Waals surface area contributed by atoms with Gasteiger partial charge < -0.3 is 10.6 Å². The van der Waals surface area contributed by atoms with Crippen molar-refractivity contribution in [2.75, 3.05) is 6.54 Å². The number of carbonyl (C=O) groups is 1. The molecule has 4 nitrogen and oxygen atoms in total. The van der Waals surface area contributed by atoms with Crippen LogP contribution in [0.25, 0.3) is 0 Å². The number of nitrogens with zero attached hydrogens (tertiary/aromatic N) is 1. The van der Waals surface area contributed by atoms with Crippen LogP contribution in [-0.4, -0.2) is 23.5 Å². The van der Waals surface area contributed by atoms with E-state index in [4.69, 9.17) is 0 Å². The Bertz CT molecular complexity index is 583. The Balaban J connectivity index is 1.51. The van der Waals surface area contributed by atoms with E-state index >= 15 is 0 Å². The zero-order valence-corrected chi connectivity index (χ0v) is 12.0. The summed E-state index contributed by atoms with van der Waals surface area (Å²) >= 11 is 1.62. The molecule has 1 aliphatic rings. The second kappa shape index (κ2) is 6.15. The minimum atomic E-state index is -0.124. The van der Waals surface area contributed by atoms with E-state index in [0.717, 1.165) is 24.4 Å². The Morgan fingerprint density at radius 3 is 3.05 bits per heavy atom. The van der Waals surface area contributed by atoms with Crippen LogP contribution in [-0.2, 0) is 24.2 Å². The van der Waals surface area contributed by atoms with Gasteiger partial charge in [-0.2, -0.15) is 0 Å². The maximum Gasteiger partial charge on any atom is 0.237 e. The summed E-state index contributed by atoms with van der Waals surface area (Å²) < 4.78 is 0. The van der Waals surface area contributed by atoms with E-state index in [1.165, 1.54) is 11.1 Å². The van der Waals surface area contributed by atoms with E-state index in [-0.39, 0.29) is 11.9 Å². The second-order valence-electron chi connectivity index (χ2n) is 4.87. The smallest absolute Gasteiger partial charge is 0.237 e. The van der Waals surface area contributed by atoms with Crippen LogP contribution in [0.15, 0.2) is 35.8 Å². The monoisotopic (exact) mass is 287 g/mol. The molecule has 20 heavy (non-hydrogen) atoms. The molecular formula is C15H17N3OS. The Hall–Kier alpha value is -1.72. The topological polar surface area (TPSA) is 54.0 Å². The molecule has 2 aromatic rings. The Kier molecular flexibility index (Phi) is 4.08. The predicted octanol–water partition coefficient (Wildman–Crippen LogP) is 1.52. The number of amides is 1. The zero-order chi connectivity index (χ0) is 13.8. The van der Waals surface area contributed by atoms with Gasteiger partial charge in [-0.05, 0) is 17.5 Å². The fourth-order valence-electron chi connectivity index (χ4n) is 2.43. The van der Waals surface area contributed by atoms with E-state index in [1.807, 2.05) is 17.5 Å². The molecule has 1 atom stereocenters. The van der Waals surface area contributed by atoms with E-state index in [2.05, 4.69) is 27.8 Å². The second-order valence-corrected chi connectivity index (χ2v) is 5.85. The highest BCUT2D eigenvalue weighted by atomic mass is 32.1. The molecule has 2 N–H and O–H groups in total. The summed E-state index contributed by atoms with van der Waals surface area (Å²) in [7, 11) is 0. The highest BCUT2D eigenvalue weighted by molar-refractivity contribution is 7.09. The Morgan fingerprint density at radius 1 is 1.40 bits per heavy atom. The van der Waals surface area contributed by atoms with Crippen molar-refractivity contribution in [3.05, 3.63) is 52.0 Å². The number of thiazole rings is 1. The fraction of sp³-hybridized carbons (Fsp3) is 0.333. The van der Waals surface area contributed by atoms with E-state index < -0.39 is 0 Å². The molecule has 1 aromatic heterocycles. The molecule has 0 radical (unpaired) electrons. The lowest BCUT2D eigenvalue weighted by atomic mass is 9.95. The Labute approximate surface area is 122 Å². The van der Waals surface area contributed by atoms with Gasteiger partial charge in [-0.1, -0.05) is 24.3 Å². The van der Waals surface area contributed by atoms with E-state index in [0.29, 0.717) is 6.54 Å². The van der Waals surface area contributed by atoms with Crippen LogP contribution >= 0.6 is 11.3 Å². The van der Waals surface area contributed by atoms with Gasteiger partial charge in [-0.25, -0.2) is 4.98 Å². The number of rotatable bonds is 4. The number of hydrogen-bond donors (Lipinski definition) is 2. The molecule has 3 rings (SSSR count). The molecule has 0 spiro atoms. The first-order valence-corrected chi connectivity index (χ1v) is 7.67. The first kappa shape index (κ1) is 13.3. The third kappa shape index (κ3) is 3.05. The summed E-state index contributed by atoms with van der Waals surface area (Å²) in [5.41, 5.74) is 2.56. The molecule has 1 aliphatic heterocycles. The SMILES string of the molecule is O=C(NCCc1nccs1)C1Cc2ccccc2CN1. The first-order valence-electron chi connectivity index (χ1n) is 6.79. The maximum absolute atomic E-state index is 12.1. The molecule has 0 bridgehead atoms. The molecular weight excluding hydrogens is 270 g/mol. The van der Waals surface area contributed by atoms with Crippen molar-refractivity contribution in [3.63, 3.8) is 0 Å². The molecule has 2 heterocycles. The zero-order valence-electron chi connectivity index (χ0n) is 11.1. The molecule has 1 unspecified atom stereocenters. The molecule has 1 amide bonds.